The summed E-state index contributed by atoms with van der Waals surface area (Å²) < 4.78 is 6.38. The molecule has 0 amide bonds. The predicted octanol–water partition coefficient (Wildman–Crippen LogP) is 3.73. The lowest BCUT2D eigenvalue weighted by Gasteiger charge is -2.33. The molecule has 2 rings (SSSR count). The second kappa shape index (κ2) is 5.88. The van der Waals surface area contributed by atoms with Crippen molar-refractivity contribution in [1.82, 2.24) is 0 Å². The number of nitro benzene ring substituents is 1. The van der Waals surface area contributed by atoms with Gasteiger partial charge in [-0.2, -0.15) is 0 Å². The van der Waals surface area contributed by atoms with Crippen LogP contribution in [0.3, 0.4) is 0 Å². The summed E-state index contributed by atoms with van der Waals surface area (Å²) in [5, 5.41) is 14.3. The summed E-state index contributed by atoms with van der Waals surface area (Å²) in [5.74, 6) is 0. The lowest BCUT2D eigenvalue weighted by molar-refractivity contribution is -0.384. The van der Waals surface area contributed by atoms with Gasteiger partial charge < -0.3 is 10.1 Å². The highest BCUT2D eigenvalue weighted by Crippen LogP contribution is 2.31. The lowest BCUT2D eigenvalue weighted by Crippen LogP contribution is -2.37. The first-order valence-electron chi connectivity index (χ1n) is 6.31. The van der Waals surface area contributed by atoms with Gasteiger partial charge >= 0.3 is 0 Å². The van der Waals surface area contributed by atoms with Crippen molar-refractivity contribution in [3.8, 4) is 0 Å². The zero-order valence-corrected chi connectivity index (χ0v) is 12.5. The Hall–Kier alpha value is -1.14. The van der Waals surface area contributed by atoms with Crippen LogP contribution >= 0.6 is 15.9 Å². The Labute approximate surface area is 120 Å². The molecule has 1 N–H and O–H groups in total. The van der Waals surface area contributed by atoms with Gasteiger partial charge in [-0.3, -0.25) is 10.1 Å². The summed E-state index contributed by atoms with van der Waals surface area (Å²) in [6.45, 7) is 4.06. The van der Waals surface area contributed by atoms with Crippen molar-refractivity contribution in [2.24, 2.45) is 0 Å². The van der Waals surface area contributed by atoms with E-state index in [2.05, 4.69) is 21.2 Å². The maximum atomic E-state index is 11.1. The number of ether oxygens (including phenoxy) is 1. The molecule has 0 saturated carbocycles. The van der Waals surface area contributed by atoms with Crippen LogP contribution in [0.4, 0.5) is 11.4 Å². The summed E-state index contributed by atoms with van der Waals surface area (Å²) in [6.07, 6.45) is 2.07. The van der Waals surface area contributed by atoms with E-state index in [1.165, 1.54) is 6.07 Å². The third kappa shape index (κ3) is 3.67. The molecule has 1 saturated heterocycles. The van der Waals surface area contributed by atoms with E-state index in [4.69, 9.17) is 4.74 Å². The van der Waals surface area contributed by atoms with E-state index in [0.717, 1.165) is 12.8 Å². The van der Waals surface area contributed by atoms with Crippen molar-refractivity contribution < 1.29 is 9.66 Å². The van der Waals surface area contributed by atoms with Gasteiger partial charge in [0, 0.05) is 16.6 Å². The van der Waals surface area contributed by atoms with Gasteiger partial charge in [0.2, 0.25) is 0 Å². The fraction of sp³-hybridized carbons (Fsp3) is 0.538. The highest BCUT2D eigenvalue weighted by atomic mass is 79.9. The third-order valence-electron chi connectivity index (χ3n) is 3.21. The van der Waals surface area contributed by atoms with Crippen LogP contribution in [0, 0.1) is 10.1 Å². The Balaban J connectivity index is 2.16. The fourth-order valence-corrected chi connectivity index (χ4v) is 2.87. The normalized spacial score (nSPS) is 27.0. The van der Waals surface area contributed by atoms with Crippen LogP contribution in [-0.4, -0.2) is 23.2 Å². The standard InChI is InChI=1S/C13H17BrN2O3/c1-8-5-11(6-9(2)19-8)15-12-4-3-10(14)7-13(12)16(17)18/h3-4,7-9,11,15H,5-6H2,1-2H3. The van der Waals surface area contributed by atoms with Gasteiger partial charge in [-0.05, 0) is 38.8 Å². The largest absolute Gasteiger partial charge is 0.377 e. The van der Waals surface area contributed by atoms with Crippen molar-refractivity contribution in [3.63, 3.8) is 0 Å². The van der Waals surface area contributed by atoms with E-state index >= 15 is 0 Å². The number of nitrogens with one attached hydrogen (secondary N) is 1. The minimum absolute atomic E-state index is 0.0983. The second-order valence-corrected chi connectivity index (χ2v) is 5.90. The van der Waals surface area contributed by atoms with Crippen LogP contribution in [-0.2, 0) is 4.74 Å². The molecule has 0 spiro atoms. The van der Waals surface area contributed by atoms with E-state index < -0.39 is 0 Å². The summed E-state index contributed by atoms with van der Waals surface area (Å²) in [6, 6.07) is 5.28. The fourth-order valence-electron chi connectivity index (χ4n) is 2.52. The van der Waals surface area contributed by atoms with Crippen molar-refractivity contribution in [3.05, 3.63) is 32.8 Å². The zero-order valence-electron chi connectivity index (χ0n) is 10.9. The van der Waals surface area contributed by atoms with Crippen LogP contribution in [0.15, 0.2) is 22.7 Å². The average Bonchev–Trinajstić information content (AvgIpc) is 2.30. The molecular formula is C13H17BrN2O3. The molecule has 1 aromatic rings. The van der Waals surface area contributed by atoms with Crippen molar-refractivity contribution in [2.75, 3.05) is 5.32 Å². The number of benzene rings is 1. The molecule has 1 aliphatic rings. The number of nitrogens with zero attached hydrogens (tertiary/aromatic N) is 1. The summed E-state index contributed by atoms with van der Waals surface area (Å²) in [4.78, 5) is 10.7. The van der Waals surface area contributed by atoms with Crippen LogP contribution in [0.25, 0.3) is 0 Å². The molecule has 6 heteroatoms. The van der Waals surface area contributed by atoms with Crippen LogP contribution in [0.1, 0.15) is 26.7 Å². The third-order valence-corrected chi connectivity index (χ3v) is 3.71. The molecule has 1 heterocycles. The first-order valence-corrected chi connectivity index (χ1v) is 7.11. The molecule has 2 atom stereocenters. The Morgan fingerprint density at radius 1 is 1.37 bits per heavy atom. The van der Waals surface area contributed by atoms with E-state index in [1.807, 2.05) is 19.9 Å². The predicted molar refractivity (Wildman–Crippen MR) is 77.5 cm³/mol. The smallest absolute Gasteiger partial charge is 0.293 e. The summed E-state index contributed by atoms with van der Waals surface area (Å²) in [5.41, 5.74) is 0.667. The number of halogens is 1. The van der Waals surface area contributed by atoms with Gasteiger partial charge in [0.25, 0.3) is 5.69 Å². The quantitative estimate of drug-likeness (QED) is 0.678. The minimum atomic E-state index is -0.362. The Morgan fingerprint density at radius 2 is 2.00 bits per heavy atom. The van der Waals surface area contributed by atoms with Gasteiger partial charge in [0.15, 0.2) is 0 Å². The van der Waals surface area contributed by atoms with Gasteiger partial charge in [0.05, 0.1) is 17.1 Å². The van der Waals surface area contributed by atoms with Gasteiger partial charge in [0.1, 0.15) is 5.69 Å². The molecule has 19 heavy (non-hydrogen) atoms. The van der Waals surface area contributed by atoms with Crippen LogP contribution in [0.5, 0.6) is 0 Å². The highest BCUT2D eigenvalue weighted by molar-refractivity contribution is 9.10. The van der Waals surface area contributed by atoms with Gasteiger partial charge in [-0.15, -0.1) is 0 Å². The number of hydrogen-bond donors (Lipinski definition) is 1. The van der Waals surface area contributed by atoms with Gasteiger partial charge in [-0.25, -0.2) is 0 Å². The van der Waals surface area contributed by atoms with Crippen LogP contribution in [0.2, 0.25) is 0 Å². The Bertz CT molecular complexity index is 471. The molecule has 1 aromatic carbocycles. The average molecular weight is 329 g/mol. The number of anilines is 1. The Kier molecular flexibility index (Phi) is 4.42. The summed E-state index contributed by atoms with van der Waals surface area (Å²) in [7, 11) is 0. The number of nitro groups is 1. The highest BCUT2D eigenvalue weighted by Gasteiger charge is 2.26. The van der Waals surface area contributed by atoms with Crippen LogP contribution < -0.4 is 5.32 Å². The van der Waals surface area contributed by atoms with E-state index in [1.54, 1.807) is 6.07 Å². The lowest BCUT2D eigenvalue weighted by atomic mass is 9.99. The first-order chi connectivity index (χ1) is 8.95. The molecule has 0 bridgehead atoms. The minimum Gasteiger partial charge on any atom is -0.377 e. The van der Waals surface area contributed by atoms with E-state index in [9.17, 15) is 10.1 Å². The molecule has 0 aromatic heterocycles. The van der Waals surface area contributed by atoms with Crippen molar-refractivity contribution >= 4 is 27.3 Å². The molecule has 1 aliphatic heterocycles. The maximum absolute atomic E-state index is 11.1. The maximum Gasteiger partial charge on any atom is 0.293 e. The number of rotatable bonds is 3. The molecule has 2 unspecified atom stereocenters. The number of hydrogen-bond acceptors (Lipinski definition) is 4. The molecule has 5 nitrogen and oxygen atoms in total. The SMILES string of the molecule is CC1CC(Nc2ccc(Br)cc2[N+](=O)[O-])CC(C)O1. The van der Waals surface area contributed by atoms with Crippen molar-refractivity contribution in [2.45, 2.75) is 44.9 Å². The molecule has 104 valence electrons. The molecule has 1 fully saturated rings. The van der Waals surface area contributed by atoms with E-state index in [0.29, 0.717) is 10.2 Å². The van der Waals surface area contributed by atoms with E-state index in [-0.39, 0.29) is 28.9 Å². The Morgan fingerprint density at radius 3 is 2.58 bits per heavy atom. The first kappa shape index (κ1) is 14.3. The zero-order chi connectivity index (χ0) is 14.0. The second-order valence-electron chi connectivity index (χ2n) is 4.99. The molecular weight excluding hydrogens is 312 g/mol. The summed E-state index contributed by atoms with van der Waals surface area (Å²) >= 11 is 3.26. The van der Waals surface area contributed by atoms with Gasteiger partial charge in [-0.1, -0.05) is 15.9 Å². The monoisotopic (exact) mass is 328 g/mol. The molecule has 0 aliphatic carbocycles. The molecule has 0 radical (unpaired) electrons. The topological polar surface area (TPSA) is 64.4 Å². The van der Waals surface area contributed by atoms with Crippen molar-refractivity contribution in [1.29, 1.82) is 0 Å².